The number of nitrogens with zero attached hydrogens (tertiary/aromatic N) is 1. The standard InChI is InChI=1S/C23H22F2N2O3S/c1-15-12-16(2)23(17(3)13-15)26-22(28)14-27(20-8-4-18(24)5-9-20)31(29,30)21-10-6-19(25)7-11-21/h4-13H,14H2,1-3H3,(H,26,28). The number of sulfonamides is 1. The molecule has 0 radical (unpaired) electrons. The zero-order valence-electron chi connectivity index (χ0n) is 17.3. The van der Waals surface area contributed by atoms with Crippen LogP contribution in [0.5, 0.6) is 0 Å². The van der Waals surface area contributed by atoms with E-state index in [-0.39, 0.29) is 10.6 Å². The van der Waals surface area contributed by atoms with Crippen molar-refractivity contribution < 1.29 is 22.0 Å². The number of rotatable bonds is 6. The highest BCUT2D eigenvalue weighted by molar-refractivity contribution is 7.92. The van der Waals surface area contributed by atoms with Crippen LogP contribution in [0, 0.1) is 32.4 Å². The fourth-order valence-corrected chi connectivity index (χ4v) is 4.76. The SMILES string of the molecule is Cc1cc(C)c(NC(=O)CN(c2ccc(F)cc2)S(=O)(=O)c2ccc(F)cc2)c(C)c1. The van der Waals surface area contributed by atoms with Gasteiger partial charge in [-0.2, -0.15) is 0 Å². The van der Waals surface area contributed by atoms with Crippen molar-refractivity contribution in [2.24, 2.45) is 0 Å². The summed E-state index contributed by atoms with van der Waals surface area (Å²) in [4.78, 5) is 12.6. The monoisotopic (exact) mass is 444 g/mol. The molecule has 0 aliphatic carbocycles. The van der Waals surface area contributed by atoms with Gasteiger partial charge in [0.2, 0.25) is 5.91 Å². The Balaban J connectivity index is 1.96. The molecule has 0 aliphatic heterocycles. The number of carbonyl (C=O) groups is 1. The van der Waals surface area contributed by atoms with Crippen LogP contribution in [0.1, 0.15) is 16.7 Å². The third-order valence-electron chi connectivity index (χ3n) is 4.74. The molecule has 0 heterocycles. The molecule has 5 nitrogen and oxygen atoms in total. The molecule has 0 atom stereocenters. The van der Waals surface area contributed by atoms with E-state index in [9.17, 15) is 22.0 Å². The first-order chi connectivity index (χ1) is 14.6. The van der Waals surface area contributed by atoms with Gasteiger partial charge in [-0.3, -0.25) is 9.10 Å². The largest absolute Gasteiger partial charge is 0.324 e. The summed E-state index contributed by atoms with van der Waals surface area (Å²) in [7, 11) is -4.21. The second-order valence-electron chi connectivity index (χ2n) is 7.26. The molecular weight excluding hydrogens is 422 g/mol. The minimum absolute atomic E-state index is 0.109. The van der Waals surface area contributed by atoms with E-state index < -0.39 is 34.1 Å². The van der Waals surface area contributed by atoms with Crippen molar-refractivity contribution in [3.05, 3.63) is 89.0 Å². The normalized spacial score (nSPS) is 11.3. The van der Waals surface area contributed by atoms with Crippen molar-refractivity contribution in [3.8, 4) is 0 Å². The molecule has 1 N–H and O–H groups in total. The van der Waals surface area contributed by atoms with E-state index in [0.29, 0.717) is 5.69 Å². The topological polar surface area (TPSA) is 66.5 Å². The molecule has 162 valence electrons. The summed E-state index contributed by atoms with van der Waals surface area (Å²) in [6, 6.07) is 12.9. The van der Waals surface area contributed by atoms with Crippen LogP contribution >= 0.6 is 0 Å². The van der Waals surface area contributed by atoms with Gasteiger partial charge in [0.15, 0.2) is 0 Å². The van der Waals surface area contributed by atoms with Crippen molar-refractivity contribution in [3.63, 3.8) is 0 Å². The van der Waals surface area contributed by atoms with E-state index in [4.69, 9.17) is 0 Å². The fraction of sp³-hybridized carbons (Fsp3) is 0.174. The average Bonchev–Trinajstić information content (AvgIpc) is 2.70. The van der Waals surface area contributed by atoms with Gasteiger partial charge in [-0.05, 0) is 80.4 Å². The van der Waals surface area contributed by atoms with Gasteiger partial charge in [0, 0.05) is 5.69 Å². The first-order valence-corrected chi connectivity index (χ1v) is 10.9. The minimum Gasteiger partial charge on any atom is -0.324 e. The van der Waals surface area contributed by atoms with E-state index >= 15 is 0 Å². The lowest BCUT2D eigenvalue weighted by Gasteiger charge is -2.24. The molecule has 3 aromatic rings. The number of amides is 1. The van der Waals surface area contributed by atoms with E-state index in [1.165, 1.54) is 12.1 Å². The summed E-state index contributed by atoms with van der Waals surface area (Å²) < 4.78 is 54.0. The zero-order chi connectivity index (χ0) is 22.8. The highest BCUT2D eigenvalue weighted by Gasteiger charge is 2.27. The third kappa shape index (κ3) is 5.08. The smallest absolute Gasteiger partial charge is 0.264 e. The molecule has 0 bridgehead atoms. The van der Waals surface area contributed by atoms with Gasteiger partial charge in [-0.1, -0.05) is 17.7 Å². The molecule has 31 heavy (non-hydrogen) atoms. The molecule has 3 rings (SSSR count). The fourth-order valence-electron chi connectivity index (χ4n) is 3.34. The van der Waals surface area contributed by atoms with Crippen LogP contribution in [-0.2, 0) is 14.8 Å². The summed E-state index contributed by atoms with van der Waals surface area (Å²) in [5.41, 5.74) is 3.45. The first kappa shape index (κ1) is 22.4. The van der Waals surface area contributed by atoms with Gasteiger partial charge in [-0.15, -0.1) is 0 Å². The van der Waals surface area contributed by atoms with Crippen LogP contribution in [0.15, 0.2) is 65.6 Å². The number of nitrogens with one attached hydrogen (secondary N) is 1. The number of hydrogen-bond acceptors (Lipinski definition) is 3. The Morgan fingerprint density at radius 1 is 0.871 bits per heavy atom. The van der Waals surface area contributed by atoms with Crippen molar-refractivity contribution in [1.29, 1.82) is 0 Å². The second kappa shape index (κ2) is 8.85. The summed E-state index contributed by atoms with van der Waals surface area (Å²) in [5, 5.41) is 2.77. The van der Waals surface area contributed by atoms with Crippen molar-refractivity contribution in [2.45, 2.75) is 25.7 Å². The lowest BCUT2D eigenvalue weighted by Crippen LogP contribution is -2.38. The third-order valence-corrected chi connectivity index (χ3v) is 6.53. The number of halogens is 2. The molecular formula is C23H22F2N2O3S. The number of aryl methyl sites for hydroxylation is 3. The van der Waals surface area contributed by atoms with Crippen LogP contribution in [0.25, 0.3) is 0 Å². The van der Waals surface area contributed by atoms with E-state index in [0.717, 1.165) is 57.4 Å². The van der Waals surface area contributed by atoms with Crippen molar-refractivity contribution >= 4 is 27.3 Å². The van der Waals surface area contributed by atoms with Crippen LogP contribution < -0.4 is 9.62 Å². The first-order valence-electron chi connectivity index (χ1n) is 9.49. The van der Waals surface area contributed by atoms with Crippen molar-refractivity contribution in [1.82, 2.24) is 0 Å². The van der Waals surface area contributed by atoms with Crippen LogP contribution in [0.4, 0.5) is 20.2 Å². The second-order valence-corrected chi connectivity index (χ2v) is 9.13. The summed E-state index contributed by atoms with van der Waals surface area (Å²) in [6.45, 7) is 5.10. The summed E-state index contributed by atoms with van der Waals surface area (Å²) >= 11 is 0. The Bertz CT molecular complexity index is 1190. The van der Waals surface area contributed by atoms with Crippen LogP contribution in [0.3, 0.4) is 0 Å². The van der Waals surface area contributed by atoms with Gasteiger partial charge in [0.05, 0.1) is 10.6 Å². The summed E-state index contributed by atoms with van der Waals surface area (Å²) in [5.74, 6) is -1.70. The quantitative estimate of drug-likeness (QED) is 0.598. The highest BCUT2D eigenvalue weighted by atomic mass is 32.2. The lowest BCUT2D eigenvalue weighted by molar-refractivity contribution is -0.114. The predicted molar refractivity (Wildman–Crippen MR) is 117 cm³/mol. The molecule has 1 amide bonds. The van der Waals surface area contributed by atoms with Gasteiger partial charge in [0.1, 0.15) is 18.2 Å². The van der Waals surface area contributed by atoms with E-state index in [1.54, 1.807) is 0 Å². The summed E-state index contributed by atoms with van der Waals surface area (Å²) in [6.07, 6.45) is 0. The number of carbonyl (C=O) groups excluding carboxylic acids is 1. The molecule has 0 saturated heterocycles. The molecule has 0 saturated carbocycles. The van der Waals surface area contributed by atoms with Gasteiger partial charge < -0.3 is 5.32 Å². The molecule has 0 fully saturated rings. The van der Waals surface area contributed by atoms with Gasteiger partial charge in [-0.25, -0.2) is 17.2 Å². The Morgan fingerprint density at radius 3 is 1.87 bits per heavy atom. The Hall–Kier alpha value is -3.26. The van der Waals surface area contributed by atoms with Gasteiger partial charge >= 0.3 is 0 Å². The number of anilines is 2. The van der Waals surface area contributed by atoms with Crippen molar-refractivity contribution in [2.75, 3.05) is 16.2 Å². The Labute approximate surface area is 180 Å². The molecule has 3 aromatic carbocycles. The highest BCUT2D eigenvalue weighted by Crippen LogP contribution is 2.26. The Kier molecular flexibility index (Phi) is 6.40. The van der Waals surface area contributed by atoms with Crippen LogP contribution in [-0.4, -0.2) is 20.9 Å². The number of benzene rings is 3. The van der Waals surface area contributed by atoms with Crippen LogP contribution in [0.2, 0.25) is 0 Å². The maximum absolute atomic E-state index is 13.4. The predicted octanol–water partition coefficient (Wildman–Crippen LogP) is 4.72. The molecule has 0 spiro atoms. The molecule has 0 aromatic heterocycles. The lowest BCUT2D eigenvalue weighted by atomic mass is 10.1. The Morgan fingerprint density at radius 2 is 1.35 bits per heavy atom. The average molecular weight is 445 g/mol. The number of hydrogen-bond donors (Lipinski definition) is 1. The maximum atomic E-state index is 13.4. The maximum Gasteiger partial charge on any atom is 0.264 e. The minimum atomic E-state index is -4.21. The molecule has 0 aliphatic rings. The van der Waals surface area contributed by atoms with E-state index in [2.05, 4.69) is 5.32 Å². The molecule has 8 heteroatoms. The van der Waals surface area contributed by atoms with Gasteiger partial charge in [0.25, 0.3) is 10.0 Å². The molecule has 0 unspecified atom stereocenters. The zero-order valence-corrected chi connectivity index (χ0v) is 18.1. The van der Waals surface area contributed by atoms with E-state index in [1.807, 2.05) is 32.9 Å².